The van der Waals surface area contributed by atoms with Crippen molar-refractivity contribution in [1.82, 2.24) is 0 Å². The van der Waals surface area contributed by atoms with Crippen molar-refractivity contribution in [2.45, 2.75) is 9.79 Å². The van der Waals surface area contributed by atoms with E-state index in [0.717, 1.165) is 12.1 Å². The van der Waals surface area contributed by atoms with Crippen LogP contribution in [0.4, 0.5) is 0 Å². The Bertz CT molecular complexity index is 1020. The summed E-state index contributed by atoms with van der Waals surface area (Å²) < 4.78 is 68.3. The predicted molar refractivity (Wildman–Crippen MR) is 73.8 cm³/mol. The first-order chi connectivity index (χ1) is 10.9. The molecule has 0 bridgehead atoms. The molecule has 128 valence electrons. The summed E-state index contributed by atoms with van der Waals surface area (Å²) in [6, 6.07) is 2.72. The van der Waals surface area contributed by atoms with Crippen LogP contribution in [0.1, 0.15) is 20.7 Å². The molecule has 0 spiro atoms. The molecule has 14 heteroatoms. The number of hydrogen-bond donors (Lipinski definition) is 2. The van der Waals surface area contributed by atoms with Crippen LogP contribution in [-0.2, 0) is 20.2 Å². The van der Waals surface area contributed by atoms with Crippen LogP contribution >= 0.6 is 0 Å². The monoisotopic (exact) mass is 420 g/mol. The summed E-state index contributed by atoms with van der Waals surface area (Å²) in [6.07, 6.45) is 0. The molecule has 0 saturated carbocycles. The smallest absolute Gasteiger partial charge is 0.744 e. The number of carboxylic acid groups (broad SMARTS) is 2. The zero-order valence-corrected chi connectivity index (χ0v) is 18.9. The molecule has 2 aromatic rings. The van der Waals surface area contributed by atoms with Gasteiger partial charge in [0.25, 0.3) is 0 Å². The Balaban J connectivity index is 0.00000312. The maximum absolute atomic E-state index is 11.4. The van der Waals surface area contributed by atoms with Crippen LogP contribution in [0.25, 0.3) is 10.8 Å². The van der Waals surface area contributed by atoms with Gasteiger partial charge in [0.2, 0.25) is 0 Å². The van der Waals surface area contributed by atoms with Gasteiger partial charge in [-0.1, -0.05) is 12.1 Å². The Morgan fingerprint density at radius 2 is 0.962 bits per heavy atom. The summed E-state index contributed by atoms with van der Waals surface area (Å²) in [5, 5.41) is 16.6. The van der Waals surface area contributed by atoms with Crippen molar-refractivity contribution >= 4 is 42.9 Å². The molecule has 0 aliphatic heterocycles. The van der Waals surface area contributed by atoms with E-state index in [4.69, 9.17) is 10.2 Å². The number of fused-ring (bicyclic) bond motifs is 1. The first-order valence-electron chi connectivity index (χ1n) is 5.84. The van der Waals surface area contributed by atoms with E-state index in [1.54, 1.807) is 0 Å². The summed E-state index contributed by atoms with van der Waals surface area (Å²) in [4.78, 5) is 19.7. The van der Waals surface area contributed by atoms with E-state index in [0.29, 0.717) is 12.1 Å². The van der Waals surface area contributed by atoms with Gasteiger partial charge in [0.15, 0.2) is 0 Å². The van der Waals surface area contributed by atoms with Gasteiger partial charge in [-0.15, -0.1) is 0 Å². The van der Waals surface area contributed by atoms with Gasteiger partial charge in [0.05, 0.1) is 20.9 Å². The third-order valence-electron chi connectivity index (χ3n) is 3.06. The summed E-state index contributed by atoms with van der Waals surface area (Å²) in [5.74, 6) is -3.56. The average molecular weight is 420 g/mol. The van der Waals surface area contributed by atoms with Crippen molar-refractivity contribution in [3.8, 4) is 0 Å². The van der Waals surface area contributed by atoms with Crippen molar-refractivity contribution < 1.29 is 105 Å². The van der Waals surface area contributed by atoms with Gasteiger partial charge in [-0.25, -0.2) is 26.4 Å². The van der Waals surface area contributed by atoms with E-state index in [1.165, 1.54) is 0 Å². The van der Waals surface area contributed by atoms with Crippen molar-refractivity contribution in [2.75, 3.05) is 0 Å². The summed E-state index contributed by atoms with van der Waals surface area (Å²) in [5.41, 5.74) is -1.87. The molecule has 2 aromatic carbocycles. The van der Waals surface area contributed by atoms with Gasteiger partial charge in [0, 0.05) is 10.8 Å². The Hall–Kier alpha value is -0.540. The summed E-state index contributed by atoms with van der Waals surface area (Å²) in [7, 11) is -10.8. The molecule has 10 nitrogen and oxygen atoms in total. The maximum Gasteiger partial charge on any atom is 1.00 e. The number of carboxylic acids is 2. The van der Waals surface area contributed by atoms with Crippen molar-refractivity contribution in [2.24, 2.45) is 0 Å². The molecular weight excluding hydrogens is 414 g/mol. The molecule has 26 heavy (non-hydrogen) atoms. The number of rotatable bonds is 4. The van der Waals surface area contributed by atoms with Crippen LogP contribution in [0.15, 0.2) is 34.1 Å². The minimum absolute atomic E-state index is 0. The van der Waals surface area contributed by atoms with E-state index in [2.05, 4.69) is 0 Å². The predicted octanol–water partition coefficient (Wildman–Crippen LogP) is -5.95. The zero-order chi connectivity index (χ0) is 18.4. The van der Waals surface area contributed by atoms with Crippen molar-refractivity contribution in [3.63, 3.8) is 0 Å². The minimum Gasteiger partial charge on any atom is -0.744 e. The van der Waals surface area contributed by atoms with Crippen LogP contribution in [0.5, 0.6) is 0 Å². The average Bonchev–Trinajstić information content (AvgIpc) is 2.41. The van der Waals surface area contributed by atoms with Crippen LogP contribution in [0.2, 0.25) is 0 Å². The van der Waals surface area contributed by atoms with Gasteiger partial charge in [-0.2, -0.15) is 0 Å². The second-order valence-corrected chi connectivity index (χ2v) is 7.13. The van der Waals surface area contributed by atoms with E-state index in [-0.39, 0.29) is 59.1 Å². The fraction of sp³-hybridized carbons (Fsp3) is 0. The first kappa shape index (κ1) is 25.5. The molecule has 2 N–H and O–H groups in total. The van der Waals surface area contributed by atoms with Crippen LogP contribution in [-0.4, -0.2) is 48.1 Å². The third-order valence-corrected chi connectivity index (χ3v) is 4.94. The van der Waals surface area contributed by atoms with Gasteiger partial charge in [-0.3, -0.25) is 0 Å². The van der Waals surface area contributed by atoms with Crippen molar-refractivity contribution in [1.29, 1.82) is 0 Å². The zero-order valence-electron chi connectivity index (χ0n) is 13.3. The van der Waals surface area contributed by atoms with E-state index in [1.807, 2.05) is 0 Å². The molecule has 0 saturated heterocycles. The number of aromatic carboxylic acids is 2. The quantitative estimate of drug-likeness (QED) is 0.356. The Morgan fingerprint density at radius 3 is 1.15 bits per heavy atom. The Labute approximate surface area is 191 Å². The Kier molecular flexibility index (Phi) is 8.47. The standard InChI is InChI=1S/C12H8O10S2.2Na/c13-11(14)7-3-1-5-6(10(7)24(20,21)22)2-4-8(12(15)16)9(5)23(17,18)19;;/h1-4H,(H,13,14)(H,15,16)(H,17,18,19)(H,20,21,22);;/q;2*+1/p-2. The molecule has 0 heterocycles. The van der Waals surface area contributed by atoms with Gasteiger partial charge >= 0.3 is 71.1 Å². The van der Waals surface area contributed by atoms with Crippen molar-refractivity contribution in [3.05, 3.63) is 35.4 Å². The van der Waals surface area contributed by atoms with Crippen LogP contribution in [0.3, 0.4) is 0 Å². The summed E-state index contributed by atoms with van der Waals surface area (Å²) in [6.45, 7) is 0. The molecule has 2 rings (SSSR count). The van der Waals surface area contributed by atoms with Gasteiger partial charge in [0.1, 0.15) is 20.2 Å². The van der Waals surface area contributed by atoms with Gasteiger partial charge in [-0.05, 0) is 12.1 Å². The fourth-order valence-electron chi connectivity index (χ4n) is 2.23. The van der Waals surface area contributed by atoms with Crippen LogP contribution in [0, 0.1) is 0 Å². The third kappa shape index (κ3) is 4.84. The molecule has 0 fully saturated rings. The van der Waals surface area contributed by atoms with Gasteiger partial charge < -0.3 is 19.3 Å². The second kappa shape index (κ2) is 8.65. The van der Waals surface area contributed by atoms with Crippen LogP contribution < -0.4 is 59.1 Å². The van der Waals surface area contributed by atoms with E-state index < -0.39 is 63.9 Å². The number of benzene rings is 2. The fourth-order valence-corrected chi connectivity index (χ4v) is 3.97. The molecule has 0 unspecified atom stereocenters. The SMILES string of the molecule is O=C(O)c1ccc2c(S(=O)(=O)[O-])c(C(=O)O)ccc2c1S(=O)(=O)[O-].[Na+].[Na+]. The summed E-state index contributed by atoms with van der Waals surface area (Å²) >= 11 is 0. The molecule has 0 amide bonds. The Morgan fingerprint density at radius 1 is 0.692 bits per heavy atom. The molecule has 0 atom stereocenters. The molecule has 0 aliphatic rings. The number of carbonyl (C=O) groups is 2. The molecular formula is C12H6Na2O10S2. The normalized spacial score (nSPS) is 11.3. The van der Waals surface area contributed by atoms with E-state index >= 15 is 0 Å². The maximum atomic E-state index is 11.4. The second-order valence-electron chi connectivity index (χ2n) is 4.50. The first-order valence-corrected chi connectivity index (χ1v) is 8.65. The molecule has 0 radical (unpaired) electrons. The largest absolute Gasteiger partial charge is 1.00 e. The molecule has 0 aromatic heterocycles. The number of hydrogen-bond acceptors (Lipinski definition) is 8. The minimum atomic E-state index is -5.38. The topological polar surface area (TPSA) is 189 Å². The van der Waals surface area contributed by atoms with E-state index in [9.17, 15) is 35.5 Å². The molecule has 0 aliphatic carbocycles.